The summed E-state index contributed by atoms with van der Waals surface area (Å²) in [6.45, 7) is 11.1. The number of rotatable bonds is 3. The van der Waals surface area contributed by atoms with Crippen molar-refractivity contribution in [3.8, 4) is 0 Å². The van der Waals surface area contributed by atoms with E-state index >= 15 is 0 Å². The SMILES string of the molecule is CC(C)(C)OC(=O)NCCO.CC(C)(C)OC(=O)c1ccccc1. The van der Waals surface area contributed by atoms with Crippen LogP contribution in [0.3, 0.4) is 0 Å². The molecule has 2 N–H and O–H groups in total. The summed E-state index contributed by atoms with van der Waals surface area (Å²) < 4.78 is 10.1. The highest BCUT2D eigenvalue weighted by Crippen LogP contribution is 2.11. The Kier molecular flexibility index (Phi) is 9.07. The molecule has 0 radical (unpaired) electrons. The summed E-state index contributed by atoms with van der Waals surface area (Å²) in [6.07, 6.45) is -0.494. The number of carbonyl (C=O) groups excluding carboxylic acids is 2. The van der Waals surface area contributed by atoms with Gasteiger partial charge in [0.2, 0.25) is 0 Å². The predicted molar refractivity (Wildman–Crippen MR) is 92.9 cm³/mol. The molecule has 0 bridgehead atoms. The molecule has 1 amide bonds. The summed E-state index contributed by atoms with van der Waals surface area (Å²) in [5, 5.41) is 10.7. The van der Waals surface area contributed by atoms with Crippen LogP contribution in [0.2, 0.25) is 0 Å². The summed E-state index contributed by atoms with van der Waals surface area (Å²) in [5.74, 6) is -0.270. The Labute approximate surface area is 144 Å². The second kappa shape index (κ2) is 9.93. The maximum atomic E-state index is 11.4. The predicted octanol–water partition coefficient (Wildman–Crippen LogP) is 3.15. The largest absolute Gasteiger partial charge is 0.456 e. The quantitative estimate of drug-likeness (QED) is 0.826. The Morgan fingerprint density at radius 2 is 1.46 bits per heavy atom. The zero-order valence-corrected chi connectivity index (χ0v) is 15.4. The van der Waals surface area contributed by atoms with E-state index in [2.05, 4.69) is 5.32 Å². The molecule has 1 aromatic rings. The van der Waals surface area contributed by atoms with E-state index < -0.39 is 17.3 Å². The van der Waals surface area contributed by atoms with Crippen LogP contribution < -0.4 is 5.32 Å². The number of ether oxygens (including phenoxy) is 2. The lowest BCUT2D eigenvalue weighted by atomic mass is 10.2. The molecule has 0 heterocycles. The minimum absolute atomic E-state index is 0.0702. The Morgan fingerprint density at radius 1 is 0.958 bits per heavy atom. The molecule has 0 atom stereocenters. The number of alkyl carbamates (subject to hydrolysis) is 1. The van der Waals surface area contributed by atoms with E-state index in [9.17, 15) is 9.59 Å². The molecule has 0 saturated carbocycles. The smallest absolute Gasteiger partial charge is 0.407 e. The number of esters is 1. The molecule has 1 rings (SSSR count). The fraction of sp³-hybridized carbons (Fsp3) is 0.556. The lowest BCUT2D eigenvalue weighted by Gasteiger charge is -2.19. The molecule has 0 spiro atoms. The normalized spacial score (nSPS) is 11.0. The lowest BCUT2D eigenvalue weighted by molar-refractivity contribution is 0.00692. The van der Waals surface area contributed by atoms with E-state index in [1.807, 2.05) is 39.0 Å². The Morgan fingerprint density at radius 3 is 1.88 bits per heavy atom. The van der Waals surface area contributed by atoms with Gasteiger partial charge in [0.05, 0.1) is 12.2 Å². The summed E-state index contributed by atoms with van der Waals surface area (Å²) >= 11 is 0. The number of carbonyl (C=O) groups is 2. The number of hydrogen-bond acceptors (Lipinski definition) is 5. The van der Waals surface area contributed by atoms with Crippen molar-refractivity contribution in [2.75, 3.05) is 13.2 Å². The molecule has 0 unspecified atom stereocenters. The third kappa shape index (κ3) is 12.5. The van der Waals surface area contributed by atoms with Gasteiger partial charge in [0, 0.05) is 6.54 Å². The van der Waals surface area contributed by atoms with Gasteiger partial charge in [-0.1, -0.05) is 18.2 Å². The van der Waals surface area contributed by atoms with Crippen LogP contribution >= 0.6 is 0 Å². The van der Waals surface area contributed by atoms with Crippen LogP contribution in [0.1, 0.15) is 51.9 Å². The first kappa shape index (κ1) is 21.9. The fourth-order valence-corrected chi connectivity index (χ4v) is 1.38. The van der Waals surface area contributed by atoms with Crippen LogP contribution in [0.25, 0.3) is 0 Å². The van der Waals surface area contributed by atoms with Crippen molar-refractivity contribution in [2.24, 2.45) is 0 Å². The zero-order valence-electron chi connectivity index (χ0n) is 15.4. The highest BCUT2D eigenvalue weighted by molar-refractivity contribution is 5.89. The van der Waals surface area contributed by atoms with Crippen LogP contribution in [0.15, 0.2) is 30.3 Å². The molecule has 0 fully saturated rings. The van der Waals surface area contributed by atoms with Gasteiger partial charge in [-0.15, -0.1) is 0 Å². The number of hydrogen-bond donors (Lipinski definition) is 2. The first-order chi connectivity index (χ1) is 10.9. The Bertz CT molecular complexity index is 500. The van der Waals surface area contributed by atoms with Crippen molar-refractivity contribution in [1.82, 2.24) is 5.32 Å². The molecule has 6 nitrogen and oxygen atoms in total. The minimum Gasteiger partial charge on any atom is -0.456 e. The van der Waals surface area contributed by atoms with E-state index in [0.717, 1.165) is 0 Å². The van der Waals surface area contributed by atoms with Crippen molar-refractivity contribution in [3.63, 3.8) is 0 Å². The van der Waals surface area contributed by atoms with E-state index in [1.165, 1.54) is 0 Å². The first-order valence-corrected chi connectivity index (χ1v) is 7.81. The van der Waals surface area contributed by atoms with Crippen molar-refractivity contribution >= 4 is 12.1 Å². The molecular weight excluding hydrogens is 310 g/mol. The van der Waals surface area contributed by atoms with Gasteiger partial charge in [0.15, 0.2) is 0 Å². The van der Waals surface area contributed by atoms with Gasteiger partial charge >= 0.3 is 12.1 Å². The molecule has 0 saturated heterocycles. The summed E-state index contributed by atoms with van der Waals surface area (Å²) in [4.78, 5) is 22.2. The van der Waals surface area contributed by atoms with Crippen LogP contribution in [-0.2, 0) is 9.47 Å². The van der Waals surface area contributed by atoms with Gasteiger partial charge in [-0.25, -0.2) is 9.59 Å². The maximum Gasteiger partial charge on any atom is 0.407 e. The highest BCUT2D eigenvalue weighted by Gasteiger charge is 2.17. The van der Waals surface area contributed by atoms with Crippen LogP contribution in [0, 0.1) is 0 Å². The van der Waals surface area contributed by atoms with E-state index in [0.29, 0.717) is 5.56 Å². The van der Waals surface area contributed by atoms with E-state index in [-0.39, 0.29) is 19.1 Å². The zero-order chi connectivity index (χ0) is 18.8. The number of nitrogens with one attached hydrogen (secondary N) is 1. The fourth-order valence-electron chi connectivity index (χ4n) is 1.38. The molecule has 1 aromatic carbocycles. The van der Waals surface area contributed by atoms with Gasteiger partial charge in [0.1, 0.15) is 11.2 Å². The maximum absolute atomic E-state index is 11.4. The van der Waals surface area contributed by atoms with Gasteiger partial charge in [-0.2, -0.15) is 0 Å². The van der Waals surface area contributed by atoms with Gasteiger partial charge in [0.25, 0.3) is 0 Å². The lowest BCUT2D eigenvalue weighted by Crippen LogP contribution is -2.33. The average Bonchev–Trinajstić information content (AvgIpc) is 2.43. The number of aliphatic hydroxyl groups excluding tert-OH is 1. The summed E-state index contributed by atoms with van der Waals surface area (Å²) in [5.41, 5.74) is -0.302. The molecule has 6 heteroatoms. The average molecular weight is 339 g/mol. The summed E-state index contributed by atoms with van der Waals surface area (Å²) in [6, 6.07) is 8.99. The first-order valence-electron chi connectivity index (χ1n) is 7.81. The van der Waals surface area contributed by atoms with Crippen LogP contribution in [0.4, 0.5) is 4.79 Å². The Hall–Kier alpha value is -2.08. The van der Waals surface area contributed by atoms with Crippen LogP contribution in [0.5, 0.6) is 0 Å². The molecule has 0 aliphatic carbocycles. The number of benzene rings is 1. The highest BCUT2D eigenvalue weighted by atomic mass is 16.6. The van der Waals surface area contributed by atoms with Gasteiger partial charge in [-0.05, 0) is 53.7 Å². The molecule has 0 aromatic heterocycles. The topological polar surface area (TPSA) is 84.9 Å². The van der Waals surface area contributed by atoms with Crippen molar-refractivity contribution in [1.29, 1.82) is 0 Å². The number of aliphatic hydroxyl groups is 1. The van der Waals surface area contributed by atoms with E-state index in [1.54, 1.807) is 32.9 Å². The Balaban J connectivity index is 0.000000449. The third-order valence-electron chi connectivity index (χ3n) is 2.19. The van der Waals surface area contributed by atoms with Gasteiger partial charge in [-0.3, -0.25) is 0 Å². The van der Waals surface area contributed by atoms with Gasteiger partial charge < -0.3 is 19.9 Å². The minimum atomic E-state index is -0.494. The second-order valence-electron chi connectivity index (χ2n) is 7.02. The third-order valence-corrected chi connectivity index (χ3v) is 2.19. The monoisotopic (exact) mass is 339 g/mol. The van der Waals surface area contributed by atoms with Crippen molar-refractivity contribution in [2.45, 2.75) is 52.7 Å². The molecule has 0 aliphatic rings. The molecule has 0 aliphatic heterocycles. The van der Waals surface area contributed by atoms with E-state index in [4.69, 9.17) is 14.6 Å². The van der Waals surface area contributed by atoms with Crippen molar-refractivity contribution in [3.05, 3.63) is 35.9 Å². The van der Waals surface area contributed by atoms with Crippen molar-refractivity contribution < 1.29 is 24.2 Å². The molecule has 136 valence electrons. The molecule has 24 heavy (non-hydrogen) atoms. The second-order valence-corrected chi connectivity index (χ2v) is 7.02. The van der Waals surface area contributed by atoms with Crippen LogP contribution in [-0.4, -0.2) is 41.5 Å². The standard InChI is InChI=1S/C11H14O2.C7H15NO3/c1-11(2,3)13-10(12)9-7-5-4-6-8-9;1-7(2,3)11-6(10)8-4-5-9/h4-8H,1-3H3;9H,4-5H2,1-3H3,(H,8,10). The number of amides is 1. The molecular formula is C18H29NO5. The summed E-state index contributed by atoms with van der Waals surface area (Å²) in [7, 11) is 0.